The predicted molar refractivity (Wildman–Crippen MR) is 127 cm³/mol. The number of para-hydroxylation sites is 3. The van der Waals surface area contributed by atoms with E-state index in [2.05, 4.69) is 32.0 Å². The van der Waals surface area contributed by atoms with Crippen molar-refractivity contribution in [1.29, 1.82) is 0 Å². The Morgan fingerprint density at radius 1 is 1.09 bits per heavy atom. The van der Waals surface area contributed by atoms with Gasteiger partial charge in [0.1, 0.15) is 10.6 Å². The van der Waals surface area contributed by atoms with Gasteiger partial charge >= 0.3 is 6.03 Å². The number of aromatic nitrogens is 2. The molecule has 0 aliphatic carbocycles. The number of ether oxygens (including phenoxy) is 1. The summed E-state index contributed by atoms with van der Waals surface area (Å²) in [5.41, 5.74) is 3.33. The molecule has 0 aliphatic heterocycles. The summed E-state index contributed by atoms with van der Waals surface area (Å²) in [6, 6.07) is 14.7. The van der Waals surface area contributed by atoms with Crippen molar-refractivity contribution in [3.05, 3.63) is 70.9 Å². The molecule has 0 saturated carbocycles. The highest BCUT2D eigenvalue weighted by Crippen LogP contribution is 2.25. The van der Waals surface area contributed by atoms with Crippen LogP contribution in [0.15, 0.2) is 54.7 Å². The summed E-state index contributed by atoms with van der Waals surface area (Å²) < 4.78 is 5.23. The van der Waals surface area contributed by atoms with Gasteiger partial charge < -0.3 is 20.4 Å². The molecule has 0 aliphatic rings. The Morgan fingerprint density at radius 3 is 2.72 bits per heavy atom. The van der Waals surface area contributed by atoms with Crippen LogP contribution in [0.5, 0.6) is 5.75 Å². The number of aromatic amines is 1. The fraction of sp³-hybridized carbons (Fsp3) is 0.174. The van der Waals surface area contributed by atoms with Crippen molar-refractivity contribution in [3.8, 4) is 5.75 Å². The minimum absolute atomic E-state index is 0.210. The summed E-state index contributed by atoms with van der Waals surface area (Å²) in [7, 11) is 1.53. The van der Waals surface area contributed by atoms with Crippen LogP contribution in [0.3, 0.4) is 0 Å². The molecule has 8 nitrogen and oxygen atoms in total. The average molecular weight is 450 g/mol. The first-order valence-corrected chi connectivity index (χ1v) is 10.9. The van der Waals surface area contributed by atoms with Crippen molar-refractivity contribution in [1.82, 2.24) is 15.3 Å². The van der Waals surface area contributed by atoms with Gasteiger partial charge in [-0.1, -0.05) is 41.7 Å². The molecule has 0 radical (unpaired) electrons. The zero-order valence-corrected chi connectivity index (χ0v) is 18.5. The number of urea groups is 1. The molecule has 164 valence electrons. The second-order valence-electron chi connectivity index (χ2n) is 7.08. The standard InChI is InChI=1S/C23H23N5O3S/c1-14-20(21(29)24-12-11-15-13-25-17-8-4-3-7-16(15)17)32-23(26-14)28-22(30)27-18-9-5-6-10-19(18)31-2/h3-10,13,25H,11-12H2,1-2H3,(H,24,29)(H2,26,27,28,30). The molecule has 4 aromatic rings. The van der Waals surface area contributed by atoms with Crippen molar-refractivity contribution < 1.29 is 14.3 Å². The number of methoxy groups -OCH3 is 1. The molecule has 0 spiro atoms. The highest BCUT2D eigenvalue weighted by molar-refractivity contribution is 7.17. The minimum atomic E-state index is -0.463. The van der Waals surface area contributed by atoms with Crippen molar-refractivity contribution >= 4 is 45.0 Å². The molecule has 0 saturated heterocycles. The van der Waals surface area contributed by atoms with Gasteiger partial charge in [-0.05, 0) is 37.1 Å². The first-order valence-electron chi connectivity index (χ1n) is 10.1. The molecule has 2 aromatic carbocycles. The Balaban J connectivity index is 1.34. The lowest BCUT2D eigenvalue weighted by Gasteiger charge is -2.09. The fourth-order valence-corrected chi connectivity index (χ4v) is 4.27. The number of fused-ring (bicyclic) bond motifs is 1. The van der Waals surface area contributed by atoms with Gasteiger partial charge in [-0.3, -0.25) is 10.1 Å². The summed E-state index contributed by atoms with van der Waals surface area (Å²) >= 11 is 1.13. The summed E-state index contributed by atoms with van der Waals surface area (Å²) in [6.45, 7) is 2.24. The van der Waals surface area contributed by atoms with E-state index in [9.17, 15) is 9.59 Å². The number of nitrogens with one attached hydrogen (secondary N) is 4. The lowest BCUT2D eigenvalue weighted by Crippen LogP contribution is -2.25. The van der Waals surface area contributed by atoms with Gasteiger partial charge in [0.25, 0.3) is 5.91 Å². The number of rotatable bonds is 7. The second kappa shape index (κ2) is 9.52. The second-order valence-corrected chi connectivity index (χ2v) is 8.08. The van der Waals surface area contributed by atoms with Gasteiger partial charge in [0.05, 0.1) is 18.5 Å². The molecule has 0 fully saturated rings. The van der Waals surface area contributed by atoms with E-state index in [0.29, 0.717) is 40.1 Å². The Morgan fingerprint density at radius 2 is 1.88 bits per heavy atom. The molecule has 2 heterocycles. The molecule has 0 bridgehead atoms. The van der Waals surface area contributed by atoms with E-state index in [1.165, 1.54) is 7.11 Å². The predicted octanol–water partition coefficient (Wildman–Crippen LogP) is 4.56. The van der Waals surface area contributed by atoms with Crippen LogP contribution in [0, 0.1) is 6.92 Å². The number of amides is 3. The van der Waals surface area contributed by atoms with E-state index in [4.69, 9.17) is 4.74 Å². The third kappa shape index (κ3) is 4.73. The maximum Gasteiger partial charge on any atom is 0.325 e. The Labute approximate surface area is 189 Å². The quantitative estimate of drug-likeness (QED) is 0.332. The van der Waals surface area contributed by atoms with Gasteiger partial charge in [0.2, 0.25) is 0 Å². The van der Waals surface area contributed by atoms with Crippen LogP contribution in [0.25, 0.3) is 10.9 Å². The van der Waals surface area contributed by atoms with Crippen LogP contribution in [0.4, 0.5) is 15.6 Å². The van der Waals surface area contributed by atoms with E-state index in [0.717, 1.165) is 27.8 Å². The number of aryl methyl sites for hydroxylation is 1. The fourth-order valence-electron chi connectivity index (χ4n) is 3.39. The highest BCUT2D eigenvalue weighted by atomic mass is 32.1. The maximum absolute atomic E-state index is 12.6. The summed E-state index contributed by atoms with van der Waals surface area (Å²) in [5.74, 6) is 0.339. The van der Waals surface area contributed by atoms with E-state index < -0.39 is 6.03 Å². The zero-order chi connectivity index (χ0) is 22.5. The van der Waals surface area contributed by atoms with Crippen LogP contribution < -0.4 is 20.7 Å². The molecule has 9 heteroatoms. The summed E-state index contributed by atoms with van der Waals surface area (Å²) in [4.78, 5) is 33.0. The number of benzene rings is 2. The van der Waals surface area contributed by atoms with Crippen LogP contribution in [0.1, 0.15) is 20.9 Å². The normalized spacial score (nSPS) is 10.7. The van der Waals surface area contributed by atoms with Crippen molar-refractivity contribution in [2.45, 2.75) is 13.3 Å². The van der Waals surface area contributed by atoms with E-state index in [-0.39, 0.29) is 5.91 Å². The maximum atomic E-state index is 12.6. The summed E-state index contributed by atoms with van der Waals surface area (Å²) in [5, 5.41) is 9.83. The highest BCUT2D eigenvalue weighted by Gasteiger charge is 2.17. The largest absolute Gasteiger partial charge is 0.495 e. The van der Waals surface area contributed by atoms with Crippen LogP contribution >= 0.6 is 11.3 Å². The number of hydrogen-bond donors (Lipinski definition) is 4. The molecule has 32 heavy (non-hydrogen) atoms. The van der Waals surface area contributed by atoms with Gasteiger partial charge in [-0.2, -0.15) is 0 Å². The number of anilines is 2. The monoisotopic (exact) mass is 449 g/mol. The number of hydrogen-bond acceptors (Lipinski definition) is 5. The van der Waals surface area contributed by atoms with Crippen LogP contribution in [0.2, 0.25) is 0 Å². The van der Waals surface area contributed by atoms with E-state index in [1.807, 2.05) is 30.5 Å². The Kier molecular flexibility index (Phi) is 6.37. The summed E-state index contributed by atoms with van der Waals surface area (Å²) in [6.07, 6.45) is 2.68. The lowest BCUT2D eigenvalue weighted by atomic mass is 10.1. The van der Waals surface area contributed by atoms with Gasteiger partial charge in [-0.15, -0.1) is 0 Å². The number of carbonyl (C=O) groups is 2. The average Bonchev–Trinajstić information content (AvgIpc) is 3.37. The van der Waals surface area contributed by atoms with Crippen LogP contribution in [-0.2, 0) is 6.42 Å². The molecule has 2 aromatic heterocycles. The number of H-pyrrole nitrogens is 1. The van der Waals surface area contributed by atoms with E-state index in [1.54, 1.807) is 25.1 Å². The number of nitrogens with zero attached hydrogens (tertiary/aromatic N) is 1. The van der Waals surface area contributed by atoms with Gasteiger partial charge in [0, 0.05) is 23.6 Å². The third-order valence-electron chi connectivity index (χ3n) is 4.93. The molecular weight excluding hydrogens is 426 g/mol. The molecule has 0 atom stereocenters. The minimum Gasteiger partial charge on any atom is -0.495 e. The SMILES string of the molecule is COc1ccccc1NC(=O)Nc1nc(C)c(C(=O)NCCc2c[nH]c3ccccc23)s1. The topological polar surface area (TPSA) is 108 Å². The number of carbonyl (C=O) groups excluding carboxylic acids is 2. The Bertz CT molecular complexity index is 1260. The van der Waals surface area contributed by atoms with Crippen molar-refractivity contribution in [3.63, 3.8) is 0 Å². The molecule has 4 N–H and O–H groups in total. The molecule has 0 unspecified atom stereocenters. The van der Waals surface area contributed by atoms with E-state index >= 15 is 0 Å². The van der Waals surface area contributed by atoms with Gasteiger partial charge in [-0.25, -0.2) is 9.78 Å². The molecule has 3 amide bonds. The molecule has 4 rings (SSSR count). The third-order valence-corrected chi connectivity index (χ3v) is 6.00. The smallest absolute Gasteiger partial charge is 0.325 e. The Hall–Kier alpha value is -3.85. The number of thiazole rings is 1. The van der Waals surface area contributed by atoms with Gasteiger partial charge in [0.15, 0.2) is 5.13 Å². The van der Waals surface area contributed by atoms with Crippen molar-refractivity contribution in [2.75, 3.05) is 24.3 Å². The lowest BCUT2D eigenvalue weighted by molar-refractivity contribution is 0.0957. The van der Waals surface area contributed by atoms with Crippen LogP contribution in [-0.4, -0.2) is 35.6 Å². The first-order chi connectivity index (χ1) is 15.5. The van der Waals surface area contributed by atoms with Crippen molar-refractivity contribution in [2.24, 2.45) is 0 Å². The zero-order valence-electron chi connectivity index (χ0n) is 17.7. The molecular formula is C23H23N5O3S. The first kappa shape index (κ1) is 21.4.